The predicted octanol–water partition coefficient (Wildman–Crippen LogP) is 3.03. The van der Waals surface area contributed by atoms with Crippen molar-refractivity contribution in [2.24, 2.45) is 4.99 Å². The molecule has 4 rings (SSSR count). The molecule has 0 atom stereocenters. The van der Waals surface area contributed by atoms with Crippen molar-refractivity contribution in [3.05, 3.63) is 59.4 Å². The number of rotatable bonds is 0. The molecule has 0 bridgehead atoms. The third-order valence-corrected chi connectivity index (χ3v) is 5.19. The number of ether oxygens (including phenoxy) is 1. The molecular weight excluding hydrogens is 336 g/mol. The van der Waals surface area contributed by atoms with Gasteiger partial charge in [0.15, 0.2) is 0 Å². The van der Waals surface area contributed by atoms with Crippen LogP contribution in [0.25, 0.3) is 0 Å². The van der Waals surface area contributed by atoms with E-state index in [9.17, 15) is 0 Å². The average Bonchev–Trinajstić information content (AvgIpc) is 2.64. The number of pyridine rings is 1. The van der Waals surface area contributed by atoms with Gasteiger partial charge < -0.3 is 9.64 Å². The van der Waals surface area contributed by atoms with Gasteiger partial charge in [0.1, 0.15) is 18.3 Å². The Bertz CT molecular complexity index is 924. The standard InChI is InChI=1S/C22H24N4O/c1-22(2)15-26-16-27-14-18-9-7-17(8-10-19-6-4-5-11-23-19)12-20(18)24-21(26)13-25(22)3/h4-7,9,11-12H,13-16H2,1-3H3. The minimum absolute atomic E-state index is 0.0976. The van der Waals surface area contributed by atoms with Crippen molar-refractivity contribution >= 4 is 11.5 Å². The fraction of sp³-hybridized carbons (Fsp3) is 0.364. The monoisotopic (exact) mass is 360 g/mol. The van der Waals surface area contributed by atoms with Crippen LogP contribution in [0, 0.1) is 11.8 Å². The lowest BCUT2D eigenvalue weighted by Gasteiger charge is -2.46. The van der Waals surface area contributed by atoms with E-state index in [0.29, 0.717) is 13.3 Å². The van der Waals surface area contributed by atoms with E-state index in [1.165, 1.54) is 0 Å². The van der Waals surface area contributed by atoms with Crippen molar-refractivity contribution < 1.29 is 4.74 Å². The number of amidine groups is 1. The largest absolute Gasteiger partial charge is 0.356 e. The summed E-state index contributed by atoms with van der Waals surface area (Å²) in [6, 6.07) is 11.9. The van der Waals surface area contributed by atoms with Crippen LogP contribution in [-0.2, 0) is 11.3 Å². The van der Waals surface area contributed by atoms with E-state index in [4.69, 9.17) is 9.73 Å². The van der Waals surface area contributed by atoms with Crippen LogP contribution in [0.2, 0.25) is 0 Å². The van der Waals surface area contributed by atoms with E-state index in [1.54, 1.807) is 6.20 Å². The summed E-state index contributed by atoms with van der Waals surface area (Å²) in [4.78, 5) is 13.8. The molecule has 5 heteroatoms. The highest BCUT2D eigenvalue weighted by atomic mass is 16.5. The summed E-state index contributed by atoms with van der Waals surface area (Å²) in [6.45, 7) is 7.35. The van der Waals surface area contributed by atoms with Gasteiger partial charge in [0.05, 0.1) is 18.8 Å². The van der Waals surface area contributed by atoms with E-state index in [-0.39, 0.29) is 5.54 Å². The van der Waals surface area contributed by atoms with Crippen molar-refractivity contribution in [1.82, 2.24) is 14.8 Å². The molecule has 0 amide bonds. The molecule has 27 heavy (non-hydrogen) atoms. The Morgan fingerprint density at radius 3 is 2.85 bits per heavy atom. The van der Waals surface area contributed by atoms with Gasteiger partial charge in [-0.15, -0.1) is 0 Å². The molecule has 0 unspecified atom stereocenters. The molecule has 2 aliphatic heterocycles. The topological polar surface area (TPSA) is 41.0 Å². The van der Waals surface area contributed by atoms with Gasteiger partial charge >= 0.3 is 0 Å². The average molecular weight is 360 g/mol. The Balaban J connectivity index is 1.67. The molecule has 1 aromatic heterocycles. The summed E-state index contributed by atoms with van der Waals surface area (Å²) in [5.74, 6) is 7.35. The van der Waals surface area contributed by atoms with Gasteiger partial charge in [0.25, 0.3) is 0 Å². The van der Waals surface area contributed by atoms with Gasteiger partial charge in [-0.05, 0) is 51.1 Å². The molecule has 1 fully saturated rings. The maximum absolute atomic E-state index is 5.95. The Hall–Kier alpha value is -2.68. The number of fused-ring (bicyclic) bond motifs is 2. The fourth-order valence-electron chi connectivity index (χ4n) is 3.28. The first kappa shape index (κ1) is 17.7. The van der Waals surface area contributed by atoms with Crippen LogP contribution >= 0.6 is 0 Å². The normalized spacial score (nSPS) is 18.9. The second-order valence-electron chi connectivity index (χ2n) is 7.68. The Morgan fingerprint density at radius 1 is 1.15 bits per heavy atom. The Kier molecular flexibility index (Phi) is 4.69. The molecular formula is C22H24N4O. The van der Waals surface area contributed by atoms with Gasteiger partial charge in [-0.1, -0.05) is 18.1 Å². The second-order valence-corrected chi connectivity index (χ2v) is 7.68. The molecule has 3 heterocycles. The van der Waals surface area contributed by atoms with Crippen LogP contribution in [-0.4, -0.2) is 53.0 Å². The second kappa shape index (κ2) is 7.15. The smallest absolute Gasteiger partial charge is 0.121 e. The van der Waals surface area contributed by atoms with Crippen LogP contribution in [0.4, 0.5) is 5.69 Å². The van der Waals surface area contributed by atoms with Gasteiger partial charge in [-0.2, -0.15) is 0 Å². The first-order chi connectivity index (χ1) is 13.0. The fourth-order valence-corrected chi connectivity index (χ4v) is 3.28. The van der Waals surface area contributed by atoms with Crippen molar-refractivity contribution in [3.8, 4) is 11.8 Å². The van der Waals surface area contributed by atoms with E-state index >= 15 is 0 Å². The molecule has 5 nitrogen and oxygen atoms in total. The van der Waals surface area contributed by atoms with E-state index in [2.05, 4.69) is 53.6 Å². The third kappa shape index (κ3) is 3.87. The van der Waals surface area contributed by atoms with Crippen molar-refractivity contribution in [2.45, 2.75) is 26.0 Å². The number of piperazine rings is 1. The summed E-state index contributed by atoms with van der Waals surface area (Å²) in [5, 5.41) is 0. The minimum atomic E-state index is 0.0976. The van der Waals surface area contributed by atoms with Gasteiger partial charge in [0.2, 0.25) is 0 Å². The first-order valence-electron chi connectivity index (χ1n) is 9.19. The molecule has 0 radical (unpaired) electrons. The minimum Gasteiger partial charge on any atom is -0.356 e. The van der Waals surface area contributed by atoms with E-state index in [1.807, 2.05) is 30.3 Å². The number of nitrogens with zero attached hydrogens (tertiary/aromatic N) is 4. The van der Waals surface area contributed by atoms with E-state index in [0.717, 1.165) is 41.4 Å². The van der Waals surface area contributed by atoms with Crippen LogP contribution in [0.1, 0.15) is 30.7 Å². The lowest BCUT2D eigenvalue weighted by Crippen LogP contribution is -2.60. The number of aromatic nitrogens is 1. The highest BCUT2D eigenvalue weighted by molar-refractivity contribution is 5.88. The molecule has 0 N–H and O–H groups in total. The van der Waals surface area contributed by atoms with Crippen LogP contribution < -0.4 is 0 Å². The van der Waals surface area contributed by atoms with Crippen molar-refractivity contribution in [2.75, 3.05) is 26.9 Å². The highest BCUT2D eigenvalue weighted by Crippen LogP contribution is 2.28. The van der Waals surface area contributed by atoms with Gasteiger partial charge in [-0.25, -0.2) is 9.98 Å². The first-order valence-corrected chi connectivity index (χ1v) is 9.19. The number of aliphatic imine (C=N–C) groups is 1. The van der Waals surface area contributed by atoms with Gasteiger partial charge in [-0.3, -0.25) is 4.90 Å². The number of likely N-dealkylation sites (N-methyl/N-ethyl adjacent to an activating group) is 1. The highest BCUT2D eigenvalue weighted by Gasteiger charge is 2.35. The van der Waals surface area contributed by atoms with Crippen molar-refractivity contribution in [1.29, 1.82) is 0 Å². The summed E-state index contributed by atoms with van der Waals surface area (Å²) >= 11 is 0. The molecule has 0 aliphatic carbocycles. The Morgan fingerprint density at radius 2 is 2.04 bits per heavy atom. The molecule has 0 saturated carbocycles. The summed E-state index contributed by atoms with van der Waals surface area (Å²) in [5.41, 5.74) is 3.83. The third-order valence-electron chi connectivity index (χ3n) is 5.19. The summed E-state index contributed by atoms with van der Waals surface area (Å²) in [6.07, 6.45) is 1.75. The molecule has 2 aliphatic rings. The Labute approximate surface area is 160 Å². The predicted molar refractivity (Wildman–Crippen MR) is 107 cm³/mol. The molecule has 2 aromatic rings. The quantitative estimate of drug-likeness (QED) is 0.677. The van der Waals surface area contributed by atoms with E-state index < -0.39 is 0 Å². The zero-order valence-electron chi connectivity index (χ0n) is 16.1. The SMILES string of the molecule is CN1CC2=Nc3cc(C#Cc4ccccn4)ccc3COCN2CC1(C)C. The molecule has 138 valence electrons. The zero-order chi connectivity index (χ0) is 18.9. The number of hydrogen-bond donors (Lipinski definition) is 0. The maximum Gasteiger partial charge on any atom is 0.121 e. The van der Waals surface area contributed by atoms with Crippen molar-refractivity contribution in [3.63, 3.8) is 0 Å². The molecule has 1 aromatic carbocycles. The maximum atomic E-state index is 5.95. The molecule has 1 saturated heterocycles. The summed E-state index contributed by atoms with van der Waals surface area (Å²) < 4.78 is 5.95. The zero-order valence-corrected chi connectivity index (χ0v) is 16.1. The lowest BCUT2D eigenvalue weighted by atomic mass is 9.99. The number of benzene rings is 1. The lowest BCUT2D eigenvalue weighted by molar-refractivity contribution is 0.0113. The van der Waals surface area contributed by atoms with Crippen LogP contribution in [0.15, 0.2) is 47.6 Å². The van der Waals surface area contributed by atoms with Gasteiger partial charge in [0, 0.05) is 29.4 Å². The molecule has 0 spiro atoms. The summed E-state index contributed by atoms with van der Waals surface area (Å²) in [7, 11) is 2.15. The van der Waals surface area contributed by atoms with Crippen LogP contribution in [0.3, 0.4) is 0 Å². The number of hydrogen-bond acceptors (Lipinski definition) is 5. The van der Waals surface area contributed by atoms with Crippen LogP contribution in [0.5, 0.6) is 0 Å².